The first kappa shape index (κ1) is 8.75. The Bertz CT molecular complexity index is 115. The van der Waals surface area contributed by atoms with Crippen LogP contribution in [-0.4, -0.2) is 20.0 Å². The third kappa shape index (κ3) is 2.64. The van der Waals surface area contributed by atoms with Crippen molar-refractivity contribution in [3.8, 4) is 0 Å². The van der Waals surface area contributed by atoms with Crippen LogP contribution in [0.4, 0.5) is 0 Å². The monoisotopic (exact) mass is 156 g/mol. The molecule has 2 heteroatoms. The first-order valence-corrected chi connectivity index (χ1v) is 4.12. The molecule has 64 valence electrons. The normalized spacial score (nSPS) is 31.7. The van der Waals surface area contributed by atoms with Gasteiger partial charge >= 0.3 is 0 Å². The van der Waals surface area contributed by atoms with E-state index < -0.39 is 0 Å². The van der Waals surface area contributed by atoms with E-state index in [2.05, 4.69) is 6.58 Å². The molecule has 0 bridgehead atoms. The van der Waals surface area contributed by atoms with Gasteiger partial charge in [-0.15, -0.1) is 6.58 Å². The van der Waals surface area contributed by atoms with E-state index in [-0.39, 0.29) is 6.29 Å². The zero-order valence-corrected chi connectivity index (χ0v) is 7.08. The van der Waals surface area contributed by atoms with Crippen molar-refractivity contribution >= 4 is 0 Å². The number of methoxy groups -OCH3 is 1. The average molecular weight is 156 g/mol. The Morgan fingerprint density at radius 1 is 1.64 bits per heavy atom. The van der Waals surface area contributed by atoms with Crippen LogP contribution < -0.4 is 0 Å². The first-order valence-electron chi connectivity index (χ1n) is 4.12. The van der Waals surface area contributed by atoms with E-state index in [0.29, 0.717) is 5.92 Å². The Kier molecular flexibility index (Phi) is 3.60. The molecule has 1 aliphatic rings. The minimum absolute atomic E-state index is 0.0380. The van der Waals surface area contributed by atoms with Crippen LogP contribution in [0, 0.1) is 5.92 Å². The molecule has 0 amide bonds. The van der Waals surface area contributed by atoms with Crippen LogP contribution in [0.3, 0.4) is 0 Å². The molecule has 0 radical (unpaired) electrons. The molecule has 0 spiro atoms. The zero-order chi connectivity index (χ0) is 8.10. The fourth-order valence-corrected chi connectivity index (χ4v) is 1.39. The maximum atomic E-state index is 5.42. The Morgan fingerprint density at radius 3 is 2.91 bits per heavy atom. The van der Waals surface area contributed by atoms with Gasteiger partial charge < -0.3 is 9.47 Å². The summed E-state index contributed by atoms with van der Waals surface area (Å²) < 4.78 is 10.5. The number of allylic oxidation sites excluding steroid dienone is 1. The van der Waals surface area contributed by atoms with Crippen LogP contribution in [0.5, 0.6) is 0 Å². The van der Waals surface area contributed by atoms with Crippen molar-refractivity contribution in [3.05, 3.63) is 12.7 Å². The van der Waals surface area contributed by atoms with E-state index in [0.717, 1.165) is 19.4 Å². The predicted molar refractivity (Wildman–Crippen MR) is 44.3 cm³/mol. The van der Waals surface area contributed by atoms with Crippen molar-refractivity contribution in [1.29, 1.82) is 0 Å². The largest absolute Gasteiger partial charge is 0.356 e. The third-order valence-corrected chi connectivity index (χ3v) is 2.09. The molecule has 1 saturated heterocycles. The molecule has 0 aliphatic carbocycles. The smallest absolute Gasteiger partial charge is 0.157 e. The number of hydrogen-bond acceptors (Lipinski definition) is 2. The predicted octanol–water partition coefficient (Wildman–Crippen LogP) is 1.96. The van der Waals surface area contributed by atoms with Gasteiger partial charge in [0, 0.05) is 7.11 Å². The molecule has 2 unspecified atom stereocenters. The van der Waals surface area contributed by atoms with Crippen molar-refractivity contribution in [2.24, 2.45) is 5.92 Å². The summed E-state index contributed by atoms with van der Waals surface area (Å²) in [6.45, 7) is 4.53. The van der Waals surface area contributed by atoms with Crippen molar-refractivity contribution in [2.45, 2.75) is 25.6 Å². The molecule has 2 nitrogen and oxygen atoms in total. The Morgan fingerprint density at radius 2 is 2.45 bits per heavy atom. The fraction of sp³-hybridized carbons (Fsp3) is 0.778. The van der Waals surface area contributed by atoms with Crippen LogP contribution in [0.15, 0.2) is 12.7 Å². The number of hydrogen-bond donors (Lipinski definition) is 0. The molecule has 0 aromatic heterocycles. The topological polar surface area (TPSA) is 18.5 Å². The van der Waals surface area contributed by atoms with Crippen LogP contribution >= 0.6 is 0 Å². The second-order valence-electron chi connectivity index (χ2n) is 2.97. The highest BCUT2D eigenvalue weighted by atomic mass is 16.7. The second-order valence-corrected chi connectivity index (χ2v) is 2.97. The minimum Gasteiger partial charge on any atom is -0.356 e. The van der Waals surface area contributed by atoms with Crippen molar-refractivity contribution in [1.82, 2.24) is 0 Å². The van der Waals surface area contributed by atoms with E-state index in [1.807, 2.05) is 6.08 Å². The molecule has 11 heavy (non-hydrogen) atoms. The maximum Gasteiger partial charge on any atom is 0.157 e. The van der Waals surface area contributed by atoms with Gasteiger partial charge in [-0.3, -0.25) is 0 Å². The number of rotatable bonds is 3. The maximum absolute atomic E-state index is 5.42. The van der Waals surface area contributed by atoms with Gasteiger partial charge in [-0.2, -0.15) is 0 Å². The molecule has 1 fully saturated rings. The molecule has 0 N–H and O–H groups in total. The molecular formula is C9H16O2. The SMILES string of the molecule is C=CCC1CCC(OC)OC1. The summed E-state index contributed by atoms with van der Waals surface area (Å²) in [4.78, 5) is 0. The van der Waals surface area contributed by atoms with Gasteiger partial charge in [-0.1, -0.05) is 6.08 Å². The molecular weight excluding hydrogens is 140 g/mol. The molecule has 0 aromatic carbocycles. The Labute approximate surface area is 68.2 Å². The second kappa shape index (κ2) is 4.52. The summed E-state index contributed by atoms with van der Waals surface area (Å²) in [5, 5.41) is 0. The molecule has 1 heterocycles. The van der Waals surface area contributed by atoms with Crippen LogP contribution in [0.1, 0.15) is 19.3 Å². The van der Waals surface area contributed by atoms with Gasteiger partial charge in [0.1, 0.15) is 0 Å². The molecule has 0 saturated carbocycles. The van der Waals surface area contributed by atoms with Gasteiger partial charge in [-0.25, -0.2) is 0 Å². The molecule has 2 atom stereocenters. The lowest BCUT2D eigenvalue weighted by atomic mass is 9.98. The lowest BCUT2D eigenvalue weighted by Crippen LogP contribution is -2.26. The molecule has 1 aliphatic heterocycles. The Balaban J connectivity index is 2.18. The van der Waals surface area contributed by atoms with Gasteiger partial charge in [-0.05, 0) is 25.2 Å². The van der Waals surface area contributed by atoms with Crippen molar-refractivity contribution < 1.29 is 9.47 Å². The first-order chi connectivity index (χ1) is 5.36. The average Bonchev–Trinajstić information content (AvgIpc) is 2.07. The van der Waals surface area contributed by atoms with Gasteiger partial charge in [0.15, 0.2) is 6.29 Å². The van der Waals surface area contributed by atoms with Crippen LogP contribution in [0.25, 0.3) is 0 Å². The highest BCUT2D eigenvalue weighted by Gasteiger charge is 2.19. The lowest BCUT2D eigenvalue weighted by Gasteiger charge is -2.27. The summed E-state index contributed by atoms with van der Waals surface area (Å²) in [5.41, 5.74) is 0. The Hall–Kier alpha value is -0.340. The van der Waals surface area contributed by atoms with Crippen LogP contribution in [0.2, 0.25) is 0 Å². The minimum atomic E-state index is 0.0380. The van der Waals surface area contributed by atoms with Gasteiger partial charge in [0.05, 0.1) is 6.61 Å². The summed E-state index contributed by atoms with van der Waals surface area (Å²) in [7, 11) is 1.69. The zero-order valence-electron chi connectivity index (χ0n) is 7.08. The third-order valence-electron chi connectivity index (χ3n) is 2.09. The quantitative estimate of drug-likeness (QED) is 0.581. The van der Waals surface area contributed by atoms with Gasteiger partial charge in [0.25, 0.3) is 0 Å². The van der Waals surface area contributed by atoms with E-state index in [9.17, 15) is 0 Å². The van der Waals surface area contributed by atoms with E-state index >= 15 is 0 Å². The summed E-state index contributed by atoms with van der Waals surface area (Å²) in [6.07, 6.45) is 5.29. The summed E-state index contributed by atoms with van der Waals surface area (Å²) in [5.74, 6) is 0.666. The van der Waals surface area contributed by atoms with E-state index in [4.69, 9.17) is 9.47 Å². The van der Waals surface area contributed by atoms with Crippen molar-refractivity contribution in [3.63, 3.8) is 0 Å². The molecule has 1 rings (SSSR count). The highest BCUT2D eigenvalue weighted by molar-refractivity contribution is 4.75. The van der Waals surface area contributed by atoms with Crippen LogP contribution in [-0.2, 0) is 9.47 Å². The summed E-state index contributed by atoms with van der Waals surface area (Å²) >= 11 is 0. The van der Waals surface area contributed by atoms with E-state index in [1.165, 1.54) is 6.42 Å². The number of ether oxygens (including phenoxy) is 2. The lowest BCUT2D eigenvalue weighted by molar-refractivity contribution is -0.159. The van der Waals surface area contributed by atoms with E-state index in [1.54, 1.807) is 7.11 Å². The fourth-order valence-electron chi connectivity index (χ4n) is 1.39. The summed E-state index contributed by atoms with van der Waals surface area (Å²) in [6, 6.07) is 0. The van der Waals surface area contributed by atoms with Crippen molar-refractivity contribution in [2.75, 3.05) is 13.7 Å². The van der Waals surface area contributed by atoms with Gasteiger partial charge in [0.2, 0.25) is 0 Å². The highest BCUT2D eigenvalue weighted by Crippen LogP contribution is 2.21. The molecule has 0 aromatic rings. The standard InChI is InChI=1S/C9H16O2/c1-3-4-8-5-6-9(10-2)11-7-8/h3,8-9H,1,4-7H2,2H3.